The summed E-state index contributed by atoms with van der Waals surface area (Å²) >= 11 is 0. The maximum Gasteiger partial charge on any atom is 0.311 e. The van der Waals surface area contributed by atoms with E-state index in [0.717, 1.165) is 12.0 Å². The zero-order chi connectivity index (χ0) is 24.1. The maximum absolute atomic E-state index is 12.4. The molecule has 0 saturated carbocycles. The summed E-state index contributed by atoms with van der Waals surface area (Å²) in [6.45, 7) is 3.27. The van der Waals surface area contributed by atoms with Crippen molar-refractivity contribution in [3.8, 4) is 5.75 Å². The van der Waals surface area contributed by atoms with Crippen LogP contribution in [0, 0.1) is 23.0 Å². The van der Waals surface area contributed by atoms with Crippen LogP contribution in [0.2, 0.25) is 0 Å². The molecule has 1 saturated heterocycles. The van der Waals surface area contributed by atoms with E-state index < -0.39 is 29.3 Å². The second kappa shape index (κ2) is 10.1. The molecule has 1 heterocycles. The van der Waals surface area contributed by atoms with Crippen LogP contribution in [0.3, 0.4) is 0 Å². The van der Waals surface area contributed by atoms with Crippen LogP contribution in [0.15, 0.2) is 36.4 Å². The number of aryl methyl sites for hydroxylation is 2. The van der Waals surface area contributed by atoms with Gasteiger partial charge in [0.25, 0.3) is 5.91 Å². The fourth-order valence-corrected chi connectivity index (χ4v) is 3.58. The van der Waals surface area contributed by atoms with Gasteiger partial charge >= 0.3 is 11.7 Å². The van der Waals surface area contributed by atoms with Crippen molar-refractivity contribution in [2.75, 3.05) is 30.5 Å². The predicted octanol–water partition coefficient (Wildman–Crippen LogP) is 3.01. The van der Waals surface area contributed by atoms with Gasteiger partial charge in [-0.2, -0.15) is 0 Å². The molecule has 0 bridgehead atoms. The molecule has 3 rings (SSSR count). The molecule has 2 aromatic rings. The lowest BCUT2D eigenvalue weighted by molar-refractivity contribution is -0.385. The number of carbonyl (C=O) groups excluding carboxylic acids is 3. The summed E-state index contributed by atoms with van der Waals surface area (Å²) in [5.41, 5.74) is 2.39. The number of benzene rings is 2. The van der Waals surface area contributed by atoms with E-state index >= 15 is 0 Å². The number of hydrogen-bond acceptors (Lipinski definition) is 7. The predicted molar refractivity (Wildman–Crippen MR) is 120 cm³/mol. The third kappa shape index (κ3) is 5.46. The van der Waals surface area contributed by atoms with Gasteiger partial charge in [0.1, 0.15) is 0 Å². The van der Waals surface area contributed by atoms with E-state index in [2.05, 4.69) is 5.32 Å². The molecule has 10 heteroatoms. The lowest BCUT2D eigenvalue weighted by Crippen LogP contribution is -2.28. The molecule has 1 N–H and O–H groups in total. The summed E-state index contributed by atoms with van der Waals surface area (Å²) in [7, 11) is 1.29. The van der Waals surface area contributed by atoms with E-state index in [9.17, 15) is 24.5 Å². The molecule has 0 spiro atoms. The number of nitrogens with zero attached hydrogens (tertiary/aromatic N) is 2. The number of nitrogens with one attached hydrogen (secondary N) is 1. The summed E-state index contributed by atoms with van der Waals surface area (Å²) in [6.07, 6.45) is 0.895. The number of nitro groups is 1. The van der Waals surface area contributed by atoms with E-state index in [1.807, 2.05) is 31.2 Å². The smallest absolute Gasteiger partial charge is 0.311 e. The molecule has 2 amide bonds. The Bertz CT molecular complexity index is 1080. The van der Waals surface area contributed by atoms with E-state index in [1.54, 1.807) is 6.92 Å². The Balaban J connectivity index is 1.57. The molecule has 0 unspecified atom stereocenters. The number of amides is 2. The Morgan fingerprint density at radius 1 is 1.24 bits per heavy atom. The van der Waals surface area contributed by atoms with Gasteiger partial charge in [0, 0.05) is 36.5 Å². The van der Waals surface area contributed by atoms with Gasteiger partial charge in [-0.05, 0) is 36.6 Å². The summed E-state index contributed by atoms with van der Waals surface area (Å²) in [4.78, 5) is 49.1. The number of carbonyl (C=O) groups is 3. The van der Waals surface area contributed by atoms with Crippen LogP contribution in [0.5, 0.6) is 5.75 Å². The first-order chi connectivity index (χ1) is 15.7. The third-order valence-corrected chi connectivity index (χ3v) is 5.46. The Hall–Kier alpha value is -3.95. The highest BCUT2D eigenvalue weighted by molar-refractivity contribution is 6.00. The largest absolute Gasteiger partial charge is 0.490 e. The van der Waals surface area contributed by atoms with Crippen LogP contribution >= 0.6 is 0 Å². The minimum Gasteiger partial charge on any atom is -0.490 e. The first-order valence-corrected chi connectivity index (χ1v) is 10.4. The van der Waals surface area contributed by atoms with Gasteiger partial charge < -0.3 is 19.7 Å². The molecule has 1 aliphatic rings. The molecule has 174 valence electrons. The van der Waals surface area contributed by atoms with Crippen molar-refractivity contribution in [2.24, 2.45) is 5.92 Å². The second-order valence-electron chi connectivity index (χ2n) is 7.68. The standard InChI is InChI=1S/C23H25N3O7/c1-4-15-5-7-17(8-6-15)25-12-16(10-22(25)28)23(29)33-13-21(27)24-18-11-20(32-3)19(26(30)31)9-14(18)2/h5-9,11,16H,4,10,12-13H2,1-3H3,(H,24,27)/t16-/m0/s1. The lowest BCUT2D eigenvalue weighted by Gasteiger charge is -2.17. The van der Waals surface area contributed by atoms with Gasteiger partial charge in [-0.25, -0.2) is 0 Å². The normalized spacial score (nSPS) is 15.3. The second-order valence-corrected chi connectivity index (χ2v) is 7.68. The molecular formula is C23H25N3O7. The first kappa shape index (κ1) is 23.7. The molecule has 0 radical (unpaired) electrons. The highest BCUT2D eigenvalue weighted by Gasteiger charge is 2.36. The molecule has 0 aromatic heterocycles. The van der Waals surface area contributed by atoms with Crippen molar-refractivity contribution in [3.05, 3.63) is 57.6 Å². The van der Waals surface area contributed by atoms with E-state index in [1.165, 1.54) is 24.1 Å². The van der Waals surface area contributed by atoms with Gasteiger partial charge in [-0.3, -0.25) is 24.5 Å². The van der Waals surface area contributed by atoms with Crippen molar-refractivity contribution < 1.29 is 28.8 Å². The minimum atomic E-state index is -0.669. The third-order valence-electron chi connectivity index (χ3n) is 5.46. The van der Waals surface area contributed by atoms with Crippen LogP contribution in [0.4, 0.5) is 17.1 Å². The van der Waals surface area contributed by atoms with Crippen molar-refractivity contribution in [1.29, 1.82) is 0 Å². The number of methoxy groups -OCH3 is 1. The van der Waals surface area contributed by atoms with Crippen molar-refractivity contribution in [3.63, 3.8) is 0 Å². The zero-order valence-electron chi connectivity index (χ0n) is 18.6. The topological polar surface area (TPSA) is 128 Å². The highest BCUT2D eigenvalue weighted by Crippen LogP contribution is 2.32. The molecule has 0 aliphatic carbocycles. The van der Waals surface area contributed by atoms with Gasteiger partial charge in [-0.15, -0.1) is 0 Å². The maximum atomic E-state index is 12.4. The average Bonchev–Trinajstić information content (AvgIpc) is 3.20. The number of esters is 1. The highest BCUT2D eigenvalue weighted by atomic mass is 16.6. The minimum absolute atomic E-state index is 0.00516. The lowest BCUT2D eigenvalue weighted by atomic mass is 10.1. The summed E-state index contributed by atoms with van der Waals surface area (Å²) in [6, 6.07) is 10.2. The number of nitro benzene ring substituents is 1. The van der Waals surface area contributed by atoms with Gasteiger partial charge in [0.05, 0.1) is 18.0 Å². The number of anilines is 2. The van der Waals surface area contributed by atoms with Crippen LogP contribution in [0.25, 0.3) is 0 Å². The van der Waals surface area contributed by atoms with E-state index in [4.69, 9.17) is 9.47 Å². The Morgan fingerprint density at radius 3 is 2.55 bits per heavy atom. The van der Waals surface area contributed by atoms with Crippen LogP contribution < -0.4 is 15.0 Å². The molecule has 10 nitrogen and oxygen atoms in total. The van der Waals surface area contributed by atoms with E-state index in [-0.39, 0.29) is 30.3 Å². The van der Waals surface area contributed by atoms with Crippen molar-refractivity contribution >= 4 is 34.8 Å². The van der Waals surface area contributed by atoms with Gasteiger partial charge in [0.15, 0.2) is 12.4 Å². The van der Waals surface area contributed by atoms with Gasteiger partial charge in [0.2, 0.25) is 5.91 Å². The summed E-state index contributed by atoms with van der Waals surface area (Å²) < 4.78 is 10.1. The molecule has 1 aliphatic heterocycles. The van der Waals surface area contributed by atoms with Gasteiger partial charge in [-0.1, -0.05) is 19.1 Å². The molecule has 2 aromatic carbocycles. The number of ether oxygens (including phenoxy) is 2. The van der Waals surface area contributed by atoms with Crippen LogP contribution in [-0.4, -0.2) is 43.0 Å². The zero-order valence-corrected chi connectivity index (χ0v) is 18.6. The quantitative estimate of drug-likeness (QED) is 0.368. The summed E-state index contributed by atoms with van der Waals surface area (Å²) in [5.74, 6) is -2.10. The summed E-state index contributed by atoms with van der Waals surface area (Å²) in [5, 5.41) is 13.6. The average molecular weight is 455 g/mol. The van der Waals surface area contributed by atoms with E-state index in [0.29, 0.717) is 16.9 Å². The fourth-order valence-electron chi connectivity index (χ4n) is 3.58. The molecule has 1 fully saturated rings. The number of hydrogen-bond donors (Lipinski definition) is 1. The Labute approximate surface area is 190 Å². The Morgan fingerprint density at radius 2 is 1.94 bits per heavy atom. The van der Waals surface area contributed by atoms with Crippen molar-refractivity contribution in [1.82, 2.24) is 0 Å². The van der Waals surface area contributed by atoms with Crippen molar-refractivity contribution in [2.45, 2.75) is 26.7 Å². The molecular weight excluding hydrogens is 430 g/mol. The molecule has 1 atom stereocenters. The Kier molecular flexibility index (Phi) is 7.27. The monoisotopic (exact) mass is 455 g/mol. The fraction of sp³-hybridized carbons (Fsp3) is 0.348. The molecule has 33 heavy (non-hydrogen) atoms. The van der Waals surface area contributed by atoms with Crippen LogP contribution in [0.1, 0.15) is 24.5 Å². The SMILES string of the molecule is CCc1ccc(N2C[C@@H](C(=O)OCC(=O)Nc3cc(OC)c([N+](=O)[O-])cc3C)CC2=O)cc1. The van der Waals surface area contributed by atoms with Crippen LogP contribution in [-0.2, 0) is 25.5 Å². The number of rotatable bonds is 8. The first-order valence-electron chi connectivity index (χ1n) is 10.4.